The lowest BCUT2D eigenvalue weighted by atomic mass is 9.97. The lowest BCUT2D eigenvalue weighted by molar-refractivity contribution is -0.192. The number of carboxylic acids is 1. The van der Waals surface area contributed by atoms with Gasteiger partial charge in [0.1, 0.15) is 0 Å². The van der Waals surface area contributed by atoms with E-state index in [9.17, 15) is 18.0 Å². The first-order chi connectivity index (χ1) is 14.4. The topological polar surface area (TPSA) is 97.8 Å². The number of hydrogen-bond acceptors (Lipinski definition) is 6. The molecular formula is C20H26F3N3O5. The van der Waals surface area contributed by atoms with Crippen molar-refractivity contribution in [2.75, 3.05) is 26.3 Å². The summed E-state index contributed by atoms with van der Waals surface area (Å²) in [6.45, 7) is 10.8. The highest BCUT2D eigenvalue weighted by Crippen LogP contribution is 2.18. The van der Waals surface area contributed by atoms with Gasteiger partial charge in [0.25, 0.3) is 0 Å². The molecule has 1 aromatic heterocycles. The molecule has 1 saturated heterocycles. The van der Waals surface area contributed by atoms with Crippen molar-refractivity contribution in [1.29, 1.82) is 0 Å². The van der Waals surface area contributed by atoms with Crippen LogP contribution < -0.4 is 5.76 Å². The first-order valence-corrected chi connectivity index (χ1v) is 9.62. The van der Waals surface area contributed by atoms with Crippen molar-refractivity contribution in [3.05, 3.63) is 51.8 Å². The Hall–Kier alpha value is -2.66. The Labute approximate surface area is 177 Å². The SMILES string of the molecule is CC(C)(C)c1nn(Cc2cccc(CN3CCOCC3)c2)c(=O)o1.O=C(O)C(F)(F)F. The van der Waals surface area contributed by atoms with E-state index >= 15 is 0 Å². The molecule has 2 aromatic rings. The molecule has 0 radical (unpaired) electrons. The second-order valence-electron chi connectivity index (χ2n) is 8.09. The fourth-order valence-corrected chi connectivity index (χ4v) is 2.73. The quantitative estimate of drug-likeness (QED) is 0.773. The molecule has 0 amide bonds. The van der Waals surface area contributed by atoms with Crippen LogP contribution in [0.1, 0.15) is 37.8 Å². The number of ether oxygens (including phenoxy) is 1. The number of hydrogen-bond donors (Lipinski definition) is 1. The number of benzene rings is 1. The number of halogens is 3. The molecule has 0 spiro atoms. The van der Waals surface area contributed by atoms with Crippen LogP contribution in [0.25, 0.3) is 0 Å². The summed E-state index contributed by atoms with van der Waals surface area (Å²) in [6.07, 6.45) is -5.08. The van der Waals surface area contributed by atoms with Gasteiger partial charge in [-0.25, -0.2) is 9.59 Å². The summed E-state index contributed by atoms with van der Waals surface area (Å²) in [5, 5.41) is 11.5. The zero-order valence-electron chi connectivity index (χ0n) is 17.6. The number of alkyl halides is 3. The van der Waals surface area contributed by atoms with Gasteiger partial charge < -0.3 is 14.3 Å². The highest BCUT2D eigenvalue weighted by molar-refractivity contribution is 5.73. The number of carbonyl (C=O) groups is 1. The van der Waals surface area contributed by atoms with Gasteiger partial charge in [-0.3, -0.25) is 4.90 Å². The van der Waals surface area contributed by atoms with Crippen LogP contribution in [0.2, 0.25) is 0 Å². The monoisotopic (exact) mass is 445 g/mol. The van der Waals surface area contributed by atoms with E-state index in [0.717, 1.165) is 38.4 Å². The van der Waals surface area contributed by atoms with E-state index in [0.29, 0.717) is 12.4 Å². The van der Waals surface area contributed by atoms with Gasteiger partial charge in [0.15, 0.2) is 0 Å². The first kappa shape index (κ1) is 24.6. The average molecular weight is 445 g/mol. The molecule has 172 valence electrons. The Morgan fingerprint density at radius 3 is 2.16 bits per heavy atom. The van der Waals surface area contributed by atoms with Crippen LogP contribution in [0, 0.1) is 0 Å². The predicted molar refractivity (Wildman–Crippen MR) is 105 cm³/mol. The molecule has 1 aromatic carbocycles. The Morgan fingerprint density at radius 1 is 1.13 bits per heavy atom. The van der Waals surface area contributed by atoms with Gasteiger partial charge in [-0.05, 0) is 11.1 Å². The van der Waals surface area contributed by atoms with Crippen LogP contribution in [0.3, 0.4) is 0 Å². The Morgan fingerprint density at radius 2 is 1.68 bits per heavy atom. The zero-order valence-corrected chi connectivity index (χ0v) is 17.6. The standard InChI is InChI=1S/C18H25N3O3.C2HF3O2/c1-18(2,3)16-19-21(17(22)24-16)13-15-6-4-5-14(11-15)12-20-7-9-23-10-8-20;3-2(4,5)1(6)7/h4-6,11H,7-10,12-13H2,1-3H3;(H,6,7). The summed E-state index contributed by atoms with van der Waals surface area (Å²) in [6, 6.07) is 8.29. The maximum atomic E-state index is 12.0. The minimum atomic E-state index is -5.08. The molecule has 3 rings (SSSR count). The molecule has 1 N–H and O–H groups in total. The van der Waals surface area contributed by atoms with Gasteiger partial charge >= 0.3 is 17.9 Å². The summed E-state index contributed by atoms with van der Waals surface area (Å²) >= 11 is 0. The maximum Gasteiger partial charge on any atom is 0.490 e. The molecule has 0 bridgehead atoms. The van der Waals surface area contributed by atoms with E-state index in [2.05, 4.69) is 22.1 Å². The lowest BCUT2D eigenvalue weighted by Gasteiger charge is -2.26. The van der Waals surface area contributed by atoms with Crippen LogP contribution in [0.15, 0.2) is 33.5 Å². The van der Waals surface area contributed by atoms with Gasteiger partial charge in [-0.2, -0.15) is 17.9 Å². The van der Waals surface area contributed by atoms with Gasteiger partial charge in [0.05, 0.1) is 19.8 Å². The number of nitrogens with zero attached hydrogens (tertiary/aromatic N) is 3. The molecule has 1 fully saturated rings. The number of carboxylic acid groups (broad SMARTS) is 1. The number of aromatic nitrogens is 2. The second-order valence-corrected chi connectivity index (χ2v) is 8.09. The third-order valence-electron chi connectivity index (χ3n) is 4.32. The number of morpholine rings is 1. The Balaban J connectivity index is 0.000000423. The molecule has 31 heavy (non-hydrogen) atoms. The minimum Gasteiger partial charge on any atom is -0.475 e. The van der Waals surface area contributed by atoms with Crippen molar-refractivity contribution in [3.63, 3.8) is 0 Å². The van der Waals surface area contributed by atoms with Gasteiger partial charge in [0, 0.05) is 25.0 Å². The molecule has 0 saturated carbocycles. The van der Waals surface area contributed by atoms with Crippen LogP contribution >= 0.6 is 0 Å². The highest BCUT2D eigenvalue weighted by atomic mass is 19.4. The highest BCUT2D eigenvalue weighted by Gasteiger charge is 2.38. The van der Waals surface area contributed by atoms with Crippen LogP contribution in [-0.2, 0) is 28.0 Å². The van der Waals surface area contributed by atoms with Crippen LogP contribution in [-0.4, -0.2) is 58.2 Å². The van der Waals surface area contributed by atoms with E-state index in [-0.39, 0.29) is 5.41 Å². The smallest absolute Gasteiger partial charge is 0.475 e. The third kappa shape index (κ3) is 7.83. The van der Waals surface area contributed by atoms with Crippen LogP contribution in [0.4, 0.5) is 13.2 Å². The van der Waals surface area contributed by atoms with E-state index in [4.69, 9.17) is 19.1 Å². The van der Waals surface area contributed by atoms with Crippen molar-refractivity contribution >= 4 is 5.97 Å². The summed E-state index contributed by atoms with van der Waals surface area (Å²) in [7, 11) is 0. The van der Waals surface area contributed by atoms with E-state index in [1.165, 1.54) is 10.2 Å². The van der Waals surface area contributed by atoms with Crippen molar-refractivity contribution in [1.82, 2.24) is 14.7 Å². The maximum absolute atomic E-state index is 12.0. The molecule has 0 unspecified atom stereocenters. The third-order valence-corrected chi connectivity index (χ3v) is 4.32. The zero-order chi connectivity index (χ0) is 23.2. The van der Waals surface area contributed by atoms with Crippen LogP contribution in [0.5, 0.6) is 0 Å². The molecule has 0 atom stereocenters. The lowest BCUT2D eigenvalue weighted by Crippen LogP contribution is -2.35. The molecule has 2 heterocycles. The molecule has 8 nitrogen and oxygen atoms in total. The number of aliphatic carboxylic acids is 1. The van der Waals surface area contributed by atoms with Gasteiger partial charge in [-0.1, -0.05) is 45.0 Å². The van der Waals surface area contributed by atoms with Crippen molar-refractivity contribution < 1.29 is 32.2 Å². The fourth-order valence-electron chi connectivity index (χ4n) is 2.73. The fraction of sp³-hybridized carbons (Fsp3) is 0.550. The summed E-state index contributed by atoms with van der Waals surface area (Å²) in [5.41, 5.74) is 2.02. The van der Waals surface area contributed by atoms with E-state index in [1.54, 1.807) is 0 Å². The van der Waals surface area contributed by atoms with Gasteiger partial charge in [0.2, 0.25) is 5.89 Å². The molecule has 1 aliphatic rings. The van der Waals surface area contributed by atoms with Gasteiger partial charge in [-0.15, -0.1) is 5.10 Å². The molecular weight excluding hydrogens is 419 g/mol. The molecule has 0 aliphatic carbocycles. The van der Waals surface area contributed by atoms with Crippen molar-refractivity contribution in [3.8, 4) is 0 Å². The summed E-state index contributed by atoms with van der Waals surface area (Å²) in [4.78, 5) is 23.3. The second kappa shape index (κ2) is 10.1. The van der Waals surface area contributed by atoms with E-state index < -0.39 is 17.9 Å². The molecule has 1 aliphatic heterocycles. The Bertz CT molecular complexity index is 925. The predicted octanol–water partition coefficient (Wildman–Crippen LogP) is 2.65. The molecule has 11 heteroatoms. The largest absolute Gasteiger partial charge is 0.490 e. The van der Waals surface area contributed by atoms with Crippen molar-refractivity contribution in [2.24, 2.45) is 0 Å². The summed E-state index contributed by atoms with van der Waals surface area (Å²) in [5.74, 6) is -2.69. The first-order valence-electron chi connectivity index (χ1n) is 9.62. The summed E-state index contributed by atoms with van der Waals surface area (Å²) < 4.78 is 43.8. The normalized spacial score (nSPS) is 15.3. The average Bonchev–Trinajstić information content (AvgIpc) is 3.03. The van der Waals surface area contributed by atoms with E-state index in [1.807, 2.05) is 32.9 Å². The van der Waals surface area contributed by atoms with Crippen molar-refractivity contribution in [2.45, 2.75) is 45.5 Å². The Kier molecular flexibility index (Phi) is 8.02. The minimum absolute atomic E-state index is 0.275. The number of rotatable bonds is 4.